The van der Waals surface area contributed by atoms with E-state index in [2.05, 4.69) is 0 Å². The van der Waals surface area contributed by atoms with E-state index in [0.717, 1.165) is 0 Å². The standard InChI is InChI=1S/C21H12ClNO7/c22-16-8-6-13(10-17(16)23(26)27)18-9-7-14(28-18)11-15-19(24)29-21(30-20(15)25)12-4-2-1-3-5-12/h1-11,21H. The van der Waals surface area contributed by atoms with E-state index in [0.29, 0.717) is 16.9 Å². The normalized spacial score (nSPS) is 16.0. The van der Waals surface area contributed by atoms with Gasteiger partial charge in [0.2, 0.25) is 0 Å². The van der Waals surface area contributed by atoms with Crippen molar-refractivity contribution in [2.24, 2.45) is 0 Å². The number of halogens is 1. The molecule has 1 saturated heterocycles. The van der Waals surface area contributed by atoms with Gasteiger partial charge in [-0.25, -0.2) is 9.59 Å². The third kappa shape index (κ3) is 3.81. The monoisotopic (exact) mass is 425 g/mol. The first kappa shape index (κ1) is 19.4. The molecule has 0 N–H and O–H groups in total. The number of hydrogen-bond donors (Lipinski definition) is 0. The molecule has 0 amide bonds. The van der Waals surface area contributed by atoms with Crippen LogP contribution < -0.4 is 0 Å². The molecular weight excluding hydrogens is 414 g/mol. The largest absolute Gasteiger partial charge is 0.457 e. The lowest BCUT2D eigenvalue weighted by Crippen LogP contribution is -2.29. The zero-order valence-corrected chi connectivity index (χ0v) is 15.9. The molecule has 0 radical (unpaired) electrons. The highest BCUT2D eigenvalue weighted by Gasteiger charge is 2.34. The zero-order valence-electron chi connectivity index (χ0n) is 15.1. The van der Waals surface area contributed by atoms with E-state index in [9.17, 15) is 19.7 Å². The Morgan fingerprint density at radius 1 is 0.967 bits per heavy atom. The van der Waals surface area contributed by atoms with Crippen LogP contribution in [-0.4, -0.2) is 16.9 Å². The van der Waals surface area contributed by atoms with Gasteiger partial charge >= 0.3 is 11.9 Å². The Bertz CT molecular complexity index is 1160. The summed E-state index contributed by atoms with van der Waals surface area (Å²) in [6.45, 7) is 0. The van der Waals surface area contributed by atoms with Gasteiger partial charge in [-0.3, -0.25) is 10.1 Å². The lowest BCUT2D eigenvalue weighted by atomic mass is 10.1. The van der Waals surface area contributed by atoms with E-state index in [1.54, 1.807) is 42.5 Å². The summed E-state index contributed by atoms with van der Waals surface area (Å²) in [5, 5.41) is 11.1. The second kappa shape index (κ2) is 7.84. The van der Waals surface area contributed by atoms with E-state index >= 15 is 0 Å². The number of furan rings is 1. The summed E-state index contributed by atoms with van der Waals surface area (Å²) < 4.78 is 16.0. The van der Waals surface area contributed by atoms with Crippen molar-refractivity contribution in [3.05, 3.63) is 92.7 Å². The van der Waals surface area contributed by atoms with Gasteiger partial charge in [-0.1, -0.05) is 41.9 Å². The molecular formula is C21H12ClNO7. The van der Waals surface area contributed by atoms with Crippen LogP contribution in [0.15, 0.2) is 70.7 Å². The number of esters is 2. The van der Waals surface area contributed by atoms with Crippen molar-refractivity contribution in [1.82, 2.24) is 0 Å². The number of benzene rings is 2. The first-order valence-corrected chi connectivity index (χ1v) is 9.03. The predicted molar refractivity (Wildman–Crippen MR) is 105 cm³/mol. The van der Waals surface area contributed by atoms with Gasteiger partial charge in [0.1, 0.15) is 22.1 Å². The number of carbonyl (C=O) groups excluding carboxylic acids is 2. The van der Waals surface area contributed by atoms with Gasteiger partial charge in [-0.05, 0) is 24.3 Å². The van der Waals surface area contributed by atoms with Crippen LogP contribution in [0.1, 0.15) is 17.6 Å². The topological polar surface area (TPSA) is 109 Å². The summed E-state index contributed by atoms with van der Waals surface area (Å²) in [5.74, 6) is -1.23. The highest BCUT2D eigenvalue weighted by molar-refractivity contribution is 6.32. The summed E-state index contributed by atoms with van der Waals surface area (Å²) >= 11 is 5.82. The van der Waals surface area contributed by atoms with Crippen LogP contribution in [-0.2, 0) is 19.1 Å². The van der Waals surface area contributed by atoms with Crippen molar-refractivity contribution >= 4 is 35.3 Å². The molecule has 8 nitrogen and oxygen atoms in total. The van der Waals surface area contributed by atoms with Crippen molar-refractivity contribution in [3.8, 4) is 11.3 Å². The van der Waals surface area contributed by atoms with Crippen LogP contribution in [0.4, 0.5) is 5.69 Å². The molecule has 2 aromatic carbocycles. The van der Waals surface area contributed by atoms with E-state index in [1.165, 1.54) is 24.3 Å². The minimum absolute atomic E-state index is 0.00156. The third-order valence-electron chi connectivity index (χ3n) is 4.28. The van der Waals surface area contributed by atoms with Gasteiger partial charge in [0, 0.05) is 23.3 Å². The van der Waals surface area contributed by atoms with Crippen LogP contribution in [0.3, 0.4) is 0 Å². The fraction of sp³-hybridized carbons (Fsp3) is 0.0476. The molecule has 1 aliphatic heterocycles. The summed E-state index contributed by atoms with van der Waals surface area (Å²) in [6.07, 6.45) is 0.0739. The maximum atomic E-state index is 12.3. The Labute approximate surface area is 174 Å². The number of nitrogens with zero attached hydrogens (tertiary/aromatic N) is 1. The van der Waals surface area contributed by atoms with Crippen LogP contribution in [0.25, 0.3) is 17.4 Å². The highest BCUT2D eigenvalue weighted by atomic mass is 35.5. The molecule has 4 rings (SSSR count). The summed E-state index contributed by atoms with van der Waals surface area (Å²) in [6, 6.07) is 15.8. The summed E-state index contributed by atoms with van der Waals surface area (Å²) in [7, 11) is 0. The van der Waals surface area contributed by atoms with Gasteiger partial charge in [-0.15, -0.1) is 0 Å². The molecule has 1 fully saturated rings. The molecule has 2 heterocycles. The van der Waals surface area contributed by atoms with Gasteiger partial charge in [0.05, 0.1) is 4.92 Å². The maximum Gasteiger partial charge on any atom is 0.349 e. The fourth-order valence-electron chi connectivity index (χ4n) is 2.83. The lowest BCUT2D eigenvalue weighted by molar-refractivity contribution is -0.384. The second-order valence-corrected chi connectivity index (χ2v) is 6.64. The van der Waals surface area contributed by atoms with Crippen LogP contribution in [0, 0.1) is 10.1 Å². The molecule has 0 spiro atoms. The van der Waals surface area contributed by atoms with Gasteiger partial charge in [0.15, 0.2) is 0 Å². The Balaban J connectivity index is 1.57. The lowest BCUT2D eigenvalue weighted by Gasteiger charge is -2.23. The molecule has 30 heavy (non-hydrogen) atoms. The zero-order chi connectivity index (χ0) is 21.3. The number of nitro benzene ring substituents is 1. The smallest absolute Gasteiger partial charge is 0.349 e. The van der Waals surface area contributed by atoms with Crippen molar-refractivity contribution in [1.29, 1.82) is 0 Å². The third-order valence-corrected chi connectivity index (χ3v) is 4.60. The minimum atomic E-state index is -1.12. The van der Waals surface area contributed by atoms with E-state index < -0.39 is 23.2 Å². The maximum absolute atomic E-state index is 12.3. The van der Waals surface area contributed by atoms with Gasteiger partial charge in [-0.2, -0.15) is 0 Å². The number of nitro groups is 1. The van der Waals surface area contributed by atoms with E-state index in [-0.39, 0.29) is 22.0 Å². The molecule has 0 saturated carbocycles. The minimum Gasteiger partial charge on any atom is -0.457 e. The second-order valence-electron chi connectivity index (χ2n) is 6.24. The molecule has 1 aromatic heterocycles. The first-order valence-electron chi connectivity index (χ1n) is 8.65. The van der Waals surface area contributed by atoms with Crippen molar-refractivity contribution in [3.63, 3.8) is 0 Å². The number of rotatable bonds is 4. The van der Waals surface area contributed by atoms with Crippen molar-refractivity contribution in [2.45, 2.75) is 6.29 Å². The Morgan fingerprint density at radius 3 is 2.33 bits per heavy atom. The molecule has 0 aliphatic carbocycles. The van der Waals surface area contributed by atoms with Gasteiger partial charge in [0.25, 0.3) is 12.0 Å². The molecule has 3 aromatic rings. The number of cyclic esters (lactones) is 2. The summed E-state index contributed by atoms with van der Waals surface area (Å²) in [4.78, 5) is 35.1. The molecule has 150 valence electrons. The predicted octanol–water partition coefficient (Wildman–Crippen LogP) is 4.69. The number of hydrogen-bond acceptors (Lipinski definition) is 7. The average Bonchev–Trinajstić information content (AvgIpc) is 3.20. The van der Waals surface area contributed by atoms with Crippen LogP contribution in [0.2, 0.25) is 5.02 Å². The SMILES string of the molecule is O=C1OC(c2ccccc2)OC(=O)C1=Cc1ccc(-c2ccc(Cl)c([N+](=O)[O-])c2)o1. The Kier molecular flexibility index (Phi) is 5.07. The molecule has 0 atom stereocenters. The Hall–Kier alpha value is -3.91. The molecule has 0 unspecified atom stereocenters. The van der Waals surface area contributed by atoms with Crippen molar-refractivity contribution < 1.29 is 28.4 Å². The van der Waals surface area contributed by atoms with Crippen molar-refractivity contribution in [2.75, 3.05) is 0 Å². The van der Waals surface area contributed by atoms with E-state index in [4.69, 9.17) is 25.5 Å². The number of carbonyl (C=O) groups is 2. The fourth-order valence-corrected chi connectivity index (χ4v) is 3.01. The van der Waals surface area contributed by atoms with E-state index in [1.807, 2.05) is 0 Å². The Morgan fingerprint density at radius 2 is 1.67 bits per heavy atom. The first-order chi connectivity index (χ1) is 14.4. The van der Waals surface area contributed by atoms with Crippen LogP contribution in [0.5, 0.6) is 0 Å². The van der Waals surface area contributed by atoms with Gasteiger partial charge < -0.3 is 13.9 Å². The number of ether oxygens (including phenoxy) is 2. The average molecular weight is 426 g/mol. The van der Waals surface area contributed by atoms with Crippen LogP contribution >= 0.6 is 11.6 Å². The quantitative estimate of drug-likeness (QED) is 0.196. The molecule has 9 heteroatoms. The highest BCUT2D eigenvalue weighted by Crippen LogP contribution is 2.32. The summed E-state index contributed by atoms with van der Waals surface area (Å²) in [5.41, 5.74) is 0.346. The molecule has 1 aliphatic rings. The molecule has 0 bridgehead atoms.